The lowest BCUT2D eigenvalue weighted by molar-refractivity contribution is -0.731. The van der Waals surface area contributed by atoms with Gasteiger partial charge in [-0.2, -0.15) is 4.57 Å². The molecule has 1 atom stereocenters. The van der Waals surface area contributed by atoms with Gasteiger partial charge in [0.1, 0.15) is 5.82 Å². The lowest BCUT2D eigenvalue weighted by atomic mass is 9.96. The number of rotatable bonds is 8. The van der Waals surface area contributed by atoms with Gasteiger partial charge < -0.3 is 25.2 Å². The maximum absolute atomic E-state index is 12.0. The van der Waals surface area contributed by atoms with Gasteiger partial charge in [-0.05, 0) is 35.1 Å². The smallest absolute Gasteiger partial charge is 0.407 e. The number of nitrogens with one attached hydrogen (secondary N) is 3. The number of carbonyl (C=O) groups excluding carboxylic acids is 2. The molecule has 3 rings (SSSR count). The average molecular weight is 503 g/mol. The van der Waals surface area contributed by atoms with Crippen molar-refractivity contribution in [1.29, 1.82) is 0 Å². The van der Waals surface area contributed by atoms with Crippen LogP contribution in [0.4, 0.5) is 15.4 Å². The molecule has 2 aromatic heterocycles. The largest absolute Gasteiger partial charge is 0.756 e. The van der Waals surface area contributed by atoms with Crippen LogP contribution in [-0.2, 0) is 27.1 Å². The second-order valence-corrected chi connectivity index (χ2v) is 8.67. The van der Waals surface area contributed by atoms with E-state index in [2.05, 4.69) is 30.2 Å². The first kappa shape index (κ1) is 26.0. The van der Waals surface area contributed by atoms with Gasteiger partial charge in [-0.25, -0.2) is 14.6 Å². The molecule has 0 saturated carbocycles. The molecule has 12 nitrogen and oxygen atoms in total. The first-order valence-corrected chi connectivity index (χ1v) is 12.1. The van der Waals surface area contributed by atoms with Crippen LogP contribution < -0.4 is 25.4 Å². The first-order valence-electron chi connectivity index (χ1n) is 10.6. The first-order chi connectivity index (χ1) is 16.6. The SMILES string of the molecule is CCNC(=O)Nc1cc2c(-c3cc[n+](COP(=O)([O-])O)c(C)c3)ccc(CNC(=O)OC)c2cn1. The van der Waals surface area contributed by atoms with Crippen molar-refractivity contribution in [1.82, 2.24) is 15.6 Å². The number of hydrogen-bond acceptors (Lipinski definition) is 7. The summed E-state index contributed by atoms with van der Waals surface area (Å²) in [6.07, 6.45) is 2.68. The van der Waals surface area contributed by atoms with Crippen molar-refractivity contribution in [3.8, 4) is 11.1 Å². The van der Waals surface area contributed by atoms with Gasteiger partial charge in [0.05, 0.1) is 7.11 Å². The molecule has 0 saturated heterocycles. The van der Waals surface area contributed by atoms with Crippen LogP contribution in [0.5, 0.6) is 0 Å². The predicted octanol–water partition coefficient (Wildman–Crippen LogP) is 1.93. The predicted molar refractivity (Wildman–Crippen MR) is 125 cm³/mol. The standard InChI is InChI=1S/C22H26N5O7P/c1-4-23-21(28)26-20-10-18-17(6-5-16(19(18)12-24-20)11-25-22(29)33-3)15-7-8-27(14(2)9-15)13-34-35(30,31)32/h5-10,12H,4,11,13H2,1-3H3,(H4,23,25,28,29,30,31,32). The zero-order valence-electron chi connectivity index (χ0n) is 19.4. The van der Waals surface area contributed by atoms with Gasteiger partial charge in [0.15, 0.2) is 11.9 Å². The third-order valence-electron chi connectivity index (χ3n) is 5.10. The second kappa shape index (κ2) is 11.2. The van der Waals surface area contributed by atoms with Crippen LogP contribution in [0, 0.1) is 6.92 Å². The van der Waals surface area contributed by atoms with Crippen LogP contribution in [0.1, 0.15) is 18.2 Å². The van der Waals surface area contributed by atoms with Gasteiger partial charge in [0.2, 0.25) is 0 Å². The number of nitrogens with zero attached hydrogens (tertiary/aromatic N) is 2. The zero-order valence-corrected chi connectivity index (χ0v) is 20.3. The number of alkyl carbamates (subject to hydrolysis) is 1. The molecule has 0 bridgehead atoms. The Kier molecular flexibility index (Phi) is 8.36. The Balaban J connectivity index is 2.04. The van der Waals surface area contributed by atoms with Crippen molar-refractivity contribution in [2.24, 2.45) is 0 Å². The van der Waals surface area contributed by atoms with Gasteiger partial charge >= 0.3 is 12.1 Å². The Morgan fingerprint density at radius 3 is 2.63 bits per heavy atom. The van der Waals surface area contributed by atoms with E-state index in [-0.39, 0.29) is 19.3 Å². The quantitative estimate of drug-likeness (QED) is 0.267. The minimum atomic E-state index is -4.85. The summed E-state index contributed by atoms with van der Waals surface area (Å²) < 4.78 is 21.6. The van der Waals surface area contributed by atoms with E-state index in [4.69, 9.17) is 4.89 Å². The maximum atomic E-state index is 12.0. The molecule has 186 valence electrons. The van der Waals surface area contributed by atoms with Crippen molar-refractivity contribution in [3.63, 3.8) is 0 Å². The molecule has 3 amide bonds. The average Bonchev–Trinajstić information content (AvgIpc) is 2.80. The topological polar surface area (TPSA) is 166 Å². The van der Waals surface area contributed by atoms with E-state index in [1.165, 1.54) is 11.7 Å². The molecule has 13 heteroatoms. The van der Waals surface area contributed by atoms with E-state index < -0.39 is 13.9 Å². The number of methoxy groups -OCH3 is 1. The Morgan fingerprint density at radius 2 is 1.97 bits per heavy atom. The third kappa shape index (κ3) is 6.96. The molecule has 35 heavy (non-hydrogen) atoms. The highest BCUT2D eigenvalue weighted by Crippen LogP contribution is 2.33. The second-order valence-electron chi connectivity index (χ2n) is 7.47. The molecule has 0 spiro atoms. The molecule has 1 aromatic carbocycles. The number of aromatic nitrogens is 2. The number of fused-ring (bicyclic) bond motifs is 1. The zero-order chi connectivity index (χ0) is 25.6. The number of pyridine rings is 2. The minimum absolute atomic E-state index is 0.204. The highest BCUT2D eigenvalue weighted by Gasteiger charge is 2.16. The molecule has 0 aliphatic heterocycles. The summed E-state index contributed by atoms with van der Waals surface area (Å²) in [5, 5.41) is 9.52. The number of anilines is 1. The lowest BCUT2D eigenvalue weighted by Crippen LogP contribution is -2.38. The number of amides is 3. The van der Waals surface area contributed by atoms with Crippen LogP contribution >= 0.6 is 7.82 Å². The van der Waals surface area contributed by atoms with Crippen molar-refractivity contribution >= 4 is 36.5 Å². The molecule has 0 fully saturated rings. The van der Waals surface area contributed by atoms with Crippen molar-refractivity contribution < 1.29 is 37.8 Å². The Hall–Kier alpha value is -3.57. The summed E-state index contributed by atoms with van der Waals surface area (Å²) in [6, 6.07) is 8.67. The highest BCUT2D eigenvalue weighted by molar-refractivity contribution is 7.44. The van der Waals surface area contributed by atoms with Gasteiger partial charge in [0.25, 0.3) is 14.6 Å². The van der Waals surface area contributed by atoms with Crippen molar-refractivity contribution in [2.75, 3.05) is 19.0 Å². The Bertz CT molecular complexity index is 1290. The number of hydrogen-bond donors (Lipinski definition) is 4. The van der Waals surface area contributed by atoms with Gasteiger partial charge in [-0.15, -0.1) is 0 Å². The van der Waals surface area contributed by atoms with Gasteiger partial charge in [0, 0.05) is 43.7 Å². The molecular formula is C22H26N5O7P. The number of carbonyl (C=O) groups is 2. The van der Waals surface area contributed by atoms with Crippen molar-refractivity contribution in [3.05, 3.63) is 54.0 Å². The van der Waals surface area contributed by atoms with E-state index in [1.807, 2.05) is 18.2 Å². The molecule has 0 radical (unpaired) electrons. The molecular weight excluding hydrogens is 477 g/mol. The summed E-state index contributed by atoms with van der Waals surface area (Å²) >= 11 is 0. The lowest BCUT2D eigenvalue weighted by Gasteiger charge is -2.15. The fourth-order valence-corrected chi connectivity index (χ4v) is 3.69. The number of urea groups is 1. The molecule has 3 aromatic rings. The number of phosphoric acid groups is 1. The van der Waals surface area contributed by atoms with E-state index >= 15 is 0 Å². The van der Waals surface area contributed by atoms with E-state index in [1.54, 1.807) is 38.4 Å². The summed E-state index contributed by atoms with van der Waals surface area (Å²) in [7, 11) is -3.57. The fraction of sp³-hybridized carbons (Fsp3) is 0.273. The van der Waals surface area contributed by atoms with Crippen LogP contribution in [0.2, 0.25) is 0 Å². The molecule has 4 N–H and O–H groups in total. The summed E-state index contributed by atoms with van der Waals surface area (Å²) in [5.41, 5.74) is 3.09. The fourth-order valence-electron chi connectivity index (χ4n) is 3.42. The summed E-state index contributed by atoms with van der Waals surface area (Å²) in [4.78, 5) is 47.7. The van der Waals surface area contributed by atoms with E-state index in [0.29, 0.717) is 18.1 Å². The number of benzene rings is 1. The van der Waals surface area contributed by atoms with Gasteiger partial charge in [-0.1, -0.05) is 12.1 Å². The molecule has 2 heterocycles. The Labute approximate surface area is 201 Å². The van der Waals surface area contributed by atoms with E-state index in [9.17, 15) is 19.0 Å². The van der Waals surface area contributed by atoms with Crippen LogP contribution in [0.15, 0.2) is 42.7 Å². The monoisotopic (exact) mass is 503 g/mol. The van der Waals surface area contributed by atoms with Crippen LogP contribution in [-0.4, -0.2) is 35.7 Å². The van der Waals surface area contributed by atoms with Crippen molar-refractivity contribution in [2.45, 2.75) is 27.1 Å². The van der Waals surface area contributed by atoms with E-state index in [0.717, 1.165) is 27.5 Å². The maximum Gasteiger partial charge on any atom is 0.407 e. The molecule has 1 unspecified atom stereocenters. The highest BCUT2D eigenvalue weighted by atomic mass is 31.2. The molecule has 0 aliphatic carbocycles. The number of ether oxygens (including phenoxy) is 1. The summed E-state index contributed by atoms with van der Waals surface area (Å²) in [6.45, 7) is 3.86. The number of aryl methyl sites for hydroxylation is 1. The molecule has 0 aliphatic rings. The minimum Gasteiger partial charge on any atom is -0.756 e. The normalized spacial score (nSPS) is 12.6. The number of phosphoric ester groups is 1. The van der Waals surface area contributed by atoms with Crippen LogP contribution in [0.25, 0.3) is 21.9 Å². The van der Waals surface area contributed by atoms with Gasteiger partial charge in [-0.3, -0.25) is 14.4 Å². The Morgan fingerprint density at radius 1 is 1.20 bits per heavy atom. The summed E-state index contributed by atoms with van der Waals surface area (Å²) in [5.74, 6) is 0.341. The third-order valence-corrected chi connectivity index (χ3v) is 5.54. The van der Waals surface area contributed by atoms with Crippen LogP contribution in [0.3, 0.4) is 0 Å².